The molecule has 102 valence electrons. The van der Waals surface area contributed by atoms with Crippen molar-refractivity contribution >= 4 is 21.6 Å². The third-order valence-electron chi connectivity index (χ3n) is 3.39. The number of nitrogens with one attached hydrogen (secondary N) is 1. The zero-order chi connectivity index (χ0) is 13.9. The highest BCUT2D eigenvalue weighted by atomic mass is 35.5. The second-order valence-corrected chi connectivity index (χ2v) is 6.90. The van der Waals surface area contributed by atoms with Crippen molar-refractivity contribution in [1.82, 2.24) is 4.72 Å². The molecule has 0 bridgehead atoms. The SMILES string of the molecule is N#Cc1ccc(S(=O)(=O)NCC2CCCC2)c(Cl)c1. The molecule has 1 aromatic rings. The highest BCUT2D eigenvalue weighted by molar-refractivity contribution is 7.89. The van der Waals surface area contributed by atoms with Crippen LogP contribution in [0.25, 0.3) is 0 Å². The van der Waals surface area contributed by atoms with Crippen LogP contribution in [0.5, 0.6) is 0 Å². The van der Waals surface area contributed by atoms with Crippen LogP contribution in [0, 0.1) is 17.2 Å². The van der Waals surface area contributed by atoms with E-state index in [-0.39, 0.29) is 9.92 Å². The second-order valence-electron chi connectivity index (χ2n) is 4.76. The van der Waals surface area contributed by atoms with E-state index in [4.69, 9.17) is 16.9 Å². The minimum Gasteiger partial charge on any atom is -0.211 e. The Morgan fingerprint density at radius 3 is 2.63 bits per heavy atom. The lowest BCUT2D eigenvalue weighted by atomic mass is 10.1. The molecule has 1 aliphatic carbocycles. The fourth-order valence-electron chi connectivity index (χ4n) is 2.31. The van der Waals surface area contributed by atoms with E-state index in [2.05, 4.69) is 4.72 Å². The molecule has 0 aliphatic heterocycles. The van der Waals surface area contributed by atoms with Crippen LogP contribution in [0.2, 0.25) is 5.02 Å². The molecule has 2 rings (SSSR count). The van der Waals surface area contributed by atoms with Crippen LogP contribution in [0.4, 0.5) is 0 Å². The summed E-state index contributed by atoms with van der Waals surface area (Å²) in [7, 11) is -3.59. The van der Waals surface area contributed by atoms with Gasteiger partial charge in [0.1, 0.15) is 4.90 Å². The fourth-order valence-corrected chi connectivity index (χ4v) is 3.97. The van der Waals surface area contributed by atoms with Gasteiger partial charge in [-0.2, -0.15) is 5.26 Å². The van der Waals surface area contributed by atoms with Crippen molar-refractivity contribution in [2.45, 2.75) is 30.6 Å². The van der Waals surface area contributed by atoms with Crippen molar-refractivity contribution in [3.63, 3.8) is 0 Å². The standard InChI is InChI=1S/C13H15ClN2O2S/c14-12-7-11(8-15)5-6-13(12)19(17,18)16-9-10-3-1-2-4-10/h5-7,10,16H,1-4,9H2. The molecule has 0 amide bonds. The Kier molecular flexibility index (Phi) is 4.46. The first-order valence-electron chi connectivity index (χ1n) is 6.22. The van der Waals surface area contributed by atoms with Gasteiger partial charge in [-0.3, -0.25) is 0 Å². The first-order chi connectivity index (χ1) is 9.03. The molecule has 19 heavy (non-hydrogen) atoms. The van der Waals surface area contributed by atoms with Gasteiger partial charge in [-0.25, -0.2) is 13.1 Å². The molecule has 1 N–H and O–H groups in total. The molecule has 1 aromatic carbocycles. The number of hydrogen-bond donors (Lipinski definition) is 1. The number of rotatable bonds is 4. The highest BCUT2D eigenvalue weighted by Gasteiger charge is 2.21. The molecule has 1 fully saturated rings. The molecule has 0 unspecified atom stereocenters. The molecule has 0 radical (unpaired) electrons. The lowest BCUT2D eigenvalue weighted by Crippen LogP contribution is -2.28. The minimum absolute atomic E-state index is 0.0335. The Bertz CT molecular complexity index is 602. The van der Waals surface area contributed by atoms with Crippen molar-refractivity contribution < 1.29 is 8.42 Å². The summed E-state index contributed by atoms with van der Waals surface area (Å²) in [6, 6.07) is 6.12. The van der Waals surface area contributed by atoms with Gasteiger partial charge in [0.2, 0.25) is 10.0 Å². The lowest BCUT2D eigenvalue weighted by molar-refractivity contribution is 0.519. The first kappa shape index (κ1) is 14.3. The molecule has 1 saturated carbocycles. The zero-order valence-electron chi connectivity index (χ0n) is 10.4. The van der Waals surface area contributed by atoms with Crippen molar-refractivity contribution in [2.75, 3.05) is 6.54 Å². The summed E-state index contributed by atoms with van der Waals surface area (Å²) in [6.07, 6.45) is 4.49. The van der Waals surface area contributed by atoms with Gasteiger partial charge in [-0.15, -0.1) is 0 Å². The summed E-state index contributed by atoms with van der Waals surface area (Å²) in [4.78, 5) is 0.0335. The van der Waals surface area contributed by atoms with Crippen LogP contribution < -0.4 is 4.72 Å². The summed E-state index contributed by atoms with van der Waals surface area (Å²) >= 11 is 5.92. The summed E-state index contributed by atoms with van der Waals surface area (Å²) < 4.78 is 26.9. The van der Waals surface area contributed by atoms with E-state index in [1.165, 1.54) is 31.0 Å². The molecule has 0 heterocycles. The van der Waals surface area contributed by atoms with Gasteiger partial charge in [-0.1, -0.05) is 24.4 Å². The number of hydrogen-bond acceptors (Lipinski definition) is 3. The van der Waals surface area contributed by atoms with E-state index in [0.717, 1.165) is 12.8 Å². The quantitative estimate of drug-likeness (QED) is 0.929. The van der Waals surface area contributed by atoms with E-state index < -0.39 is 10.0 Å². The van der Waals surface area contributed by atoms with Gasteiger partial charge in [0.05, 0.1) is 16.7 Å². The van der Waals surface area contributed by atoms with Crippen molar-refractivity contribution in [3.8, 4) is 6.07 Å². The van der Waals surface area contributed by atoms with Crippen molar-refractivity contribution in [3.05, 3.63) is 28.8 Å². The predicted molar refractivity (Wildman–Crippen MR) is 73.3 cm³/mol. The van der Waals surface area contributed by atoms with Gasteiger partial charge in [0, 0.05) is 6.54 Å². The van der Waals surface area contributed by atoms with Crippen molar-refractivity contribution in [2.24, 2.45) is 5.92 Å². The largest absolute Gasteiger partial charge is 0.242 e. The maximum atomic E-state index is 12.1. The molecule has 0 atom stereocenters. The minimum atomic E-state index is -3.59. The monoisotopic (exact) mass is 298 g/mol. The summed E-state index contributed by atoms with van der Waals surface area (Å²) in [5.74, 6) is 0.423. The average Bonchev–Trinajstić information content (AvgIpc) is 2.89. The number of nitriles is 1. The lowest BCUT2D eigenvalue weighted by Gasteiger charge is -2.12. The Labute approximate surface area is 118 Å². The molecule has 0 aromatic heterocycles. The third-order valence-corrected chi connectivity index (χ3v) is 5.29. The molecular weight excluding hydrogens is 284 g/mol. The first-order valence-corrected chi connectivity index (χ1v) is 8.08. The van der Waals surface area contributed by atoms with Gasteiger partial charge < -0.3 is 0 Å². The Morgan fingerprint density at radius 1 is 1.37 bits per heavy atom. The Hall–Kier alpha value is -1.09. The molecule has 4 nitrogen and oxygen atoms in total. The van der Waals surface area contributed by atoms with Crippen LogP contribution in [0.15, 0.2) is 23.1 Å². The molecule has 1 aliphatic rings. The van der Waals surface area contributed by atoms with E-state index in [0.29, 0.717) is 18.0 Å². The van der Waals surface area contributed by atoms with Gasteiger partial charge in [-0.05, 0) is 37.0 Å². The maximum absolute atomic E-state index is 12.1. The molecule has 0 saturated heterocycles. The molecular formula is C13H15ClN2O2S. The van der Waals surface area contributed by atoms with Crippen LogP contribution in [0.1, 0.15) is 31.2 Å². The van der Waals surface area contributed by atoms with Gasteiger partial charge in [0.15, 0.2) is 0 Å². The smallest absolute Gasteiger partial charge is 0.211 e. The third kappa shape index (κ3) is 3.47. The van der Waals surface area contributed by atoms with E-state index in [1.807, 2.05) is 6.07 Å². The number of nitrogens with zero attached hydrogens (tertiary/aromatic N) is 1. The molecule has 0 spiro atoms. The van der Waals surface area contributed by atoms with Crippen LogP contribution in [0.3, 0.4) is 0 Å². The highest BCUT2D eigenvalue weighted by Crippen LogP contribution is 2.26. The van der Waals surface area contributed by atoms with Gasteiger partial charge >= 0.3 is 0 Å². The van der Waals surface area contributed by atoms with E-state index >= 15 is 0 Å². The van der Waals surface area contributed by atoms with E-state index in [9.17, 15) is 8.42 Å². The second kappa shape index (κ2) is 5.91. The fraction of sp³-hybridized carbons (Fsp3) is 0.462. The summed E-state index contributed by atoms with van der Waals surface area (Å²) in [5, 5.41) is 8.81. The van der Waals surface area contributed by atoms with Gasteiger partial charge in [0.25, 0.3) is 0 Å². The number of benzene rings is 1. The summed E-state index contributed by atoms with van der Waals surface area (Å²) in [5.41, 5.74) is 0.347. The predicted octanol–water partition coefficient (Wildman–Crippen LogP) is 2.68. The molecule has 6 heteroatoms. The Balaban J connectivity index is 2.12. The van der Waals surface area contributed by atoms with E-state index in [1.54, 1.807) is 0 Å². The topological polar surface area (TPSA) is 70.0 Å². The van der Waals surface area contributed by atoms with Crippen LogP contribution in [-0.2, 0) is 10.0 Å². The average molecular weight is 299 g/mol. The van der Waals surface area contributed by atoms with Crippen LogP contribution in [-0.4, -0.2) is 15.0 Å². The van der Waals surface area contributed by atoms with Crippen LogP contribution >= 0.6 is 11.6 Å². The summed E-state index contributed by atoms with van der Waals surface area (Å²) in [6.45, 7) is 0.457. The number of halogens is 1. The maximum Gasteiger partial charge on any atom is 0.242 e. The van der Waals surface area contributed by atoms with Crippen molar-refractivity contribution in [1.29, 1.82) is 5.26 Å². The zero-order valence-corrected chi connectivity index (χ0v) is 12.0. The number of sulfonamides is 1. The Morgan fingerprint density at radius 2 is 2.05 bits per heavy atom. The normalized spacial score (nSPS) is 16.4.